The van der Waals surface area contributed by atoms with Crippen molar-refractivity contribution in [1.29, 1.82) is 0 Å². The summed E-state index contributed by atoms with van der Waals surface area (Å²) in [6.07, 6.45) is -8.44. The fourth-order valence-corrected chi connectivity index (χ4v) is 2.05. The first kappa shape index (κ1) is 18.1. The maximum absolute atomic E-state index is 12.1. The molecule has 2 N–H and O–H groups in total. The third-order valence-electron chi connectivity index (χ3n) is 2.41. The average Bonchev–Trinajstić information content (AvgIpc) is 2.37. The van der Waals surface area contributed by atoms with Crippen molar-refractivity contribution in [2.75, 3.05) is 6.54 Å². The third kappa shape index (κ3) is 5.72. The molecule has 0 radical (unpaired) electrons. The zero-order valence-corrected chi connectivity index (χ0v) is 13.1. The van der Waals surface area contributed by atoms with Crippen LogP contribution in [0, 0.1) is 0 Å². The number of hydrogen-bond donors (Lipinski definition) is 2. The number of halogens is 5. The van der Waals surface area contributed by atoms with E-state index in [4.69, 9.17) is 21.4 Å². The molecule has 2 unspecified atom stereocenters. The molecule has 4 nitrogen and oxygen atoms in total. The van der Waals surface area contributed by atoms with E-state index in [1.165, 1.54) is 13.0 Å². The molecule has 0 aliphatic heterocycles. The first-order valence-electron chi connectivity index (χ1n) is 5.75. The summed E-state index contributed by atoms with van der Waals surface area (Å²) in [5, 5.41) is 11.2. The summed E-state index contributed by atoms with van der Waals surface area (Å²) in [6, 6.07) is 4.61. The van der Waals surface area contributed by atoms with Crippen LogP contribution in [-0.4, -0.2) is 35.9 Å². The number of ether oxygens (including phenoxy) is 1. The molecule has 0 heterocycles. The molecule has 0 aromatic heterocycles. The van der Waals surface area contributed by atoms with Gasteiger partial charge >= 0.3 is 6.18 Å². The van der Waals surface area contributed by atoms with Gasteiger partial charge in [-0.25, -0.2) is 0 Å². The van der Waals surface area contributed by atoms with Crippen LogP contribution in [0.4, 0.5) is 13.2 Å². The molecule has 118 valence electrons. The molecular weight excluding hydrogens is 378 g/mol. The van der Waals surface area contributed by atoms with Gasteiger partial charge < -0.3 is 15.2 Å². The molecule has 0 spiro atoms. The topological polar surface area (TPSA) is 58.6 Å². The smallest absolute Gasteiger partial charge is 0.416 e. The highest BCUT2D eigenvalue weighted by Crippen LogP contribution is 2.28. The lowest BCUT2D eigenvalue weighted by atomic mass is 10.3. The molecule has 0 saturated heterocycles. The molecule has 1 aromatic rings. The van der Waals surface area contributed by atoms with Crippen LogP contribution in [0.5, 0.6) is 5.75 Å². The quantitative estimate of drug-likeness (QED) is 0.813. The molecule has 1 amide bonds. The van der Waals surface area contributed by atoms with Gasteiger partial charge in [0.05, 0.1) is 11.0 Å². The fraction of sp³-hybridized carbons (Fsp3) is 0.417. The first-order valence-corrected chi connectivity index (χ1v) is 6.92. The molecule has 0 bridgehead atoms. The van der Waals surface area contributed by atoms with E-state index in [1.807, 2.05) is 5.32 Å². The number of nitrogens with one attached hydrogen (secondary N) is 1. The number of carbonyl (C=O) groups excluding carboxylic acids is 1. The van der Waals surface area contributed by atoms with E-state index in [2.05, 4.69) is 15.9 Å². The van der Waals surface area contributed by atoms with Crippen molar-refractivity contribution < 1.29 is 27.8 Å². The van der Waals surface area contributed by atoms with Crippen molar-refractivity contribution in [1.82, 2.24) is 5.32 Å². The van der Waals surface area contributed by atoms with Crippen molar-refractivity contribution in [2.24, 2.45) is 0 Å². The number of rotatable bonds is 5. The van der Waals surface area contributed by atoms with Crippen LogP contribution < -0.4 is 10.1 Å². The number of amides is 1. The molecule has 9 heteroatoms. The van der Waals surface area contributed by atoms with Gasteiger partial charge in [0.15, 0.2) is 12.2 Å². The van der Waals surface area contributed by atoms with Crippen LogP contribution in [-0.2, 0) is 4.79 Å². The molecular formula is C12H12BrClF3NO3. The Hall–Kier alpha value is -0.990. The summed E-state index contributed by atoms with van der Waals surface area (Å²) in [4.78, 5) is 11.6. The van der Waals surface area contributed by atoms with E-state index in [0.717, 1.165) is 0 Å². The van der Waals surface area contributed by atoms with E-state index >= 15 is 0 Å². The van der Waals surface area contributed by atoms with Gasteiger partial charge in [-0.15, -0.1) is 0 Å². The predicted molar refractivity (Wildman–Crippen MR) is 74.3 cm³/mol. The van der Waals surface area contributed by atoms with E-state index < -0.39 is 30.8 Å². The molecule has 1 aromatic carbocycles. The van der Waals surface area contributed by atoms with Gasteiger partial charge in [0.2, 0.25) is 0 Å². The summed E-state index contributed by atoms with van der Waals surface area (Å²) in [7, 11) is 0. The zero-order chi connectivity index (χ0) is 16.2. The van der Waals surface area contributed by atoms with Gasteiger partial charge in [0.25, 0.3) is 5.91 Å². The standard InChI is InChI=1S/C12H12BrClF3NO3/c1-6(11(20)18-5-10(19)12(15,16)17)21-9-3-2-7(14)4-8(9)13/h2-4,6,10,19H,5H2,1H3,(H,18,20). The first-order chi connectivity index (χ1) is 9.61. The normalized spacial score (nSPS) is 14.4. The summed E-state index contributed by atoms with van der Waals surface area (Å²) in [6.45, 7) is 0.439. The van der Waals surface area contributed by atoms with Gasteiger partial charge in [-0.3, -0.25) is 4.79 Å². The van der Waals surface area contributed by atoms with Gasteiger partial charge in [0.1, 0.15) is 5.75 Å². The monoisotopic (exact) mass is 389 g/mol. The van der Waals surface area contributed by atoms with Crippen LogP contribution in [0.1, 0.15) is 6.92 Å². The minimum Gasteiger partial charge on any atom is -0.480 e. The predicted octanol–water partition coefficient (Wildman–Crippen LogP) is 2.91. The van der Waals surface area contributed by atoms with Crippen molar-refractivity contribution >= 4 is 33.4 Å². The van der Waals surface area contributed by atoms with Crippen molar-refractivity contribution in [3.63, 3.8) is 0 Å². The van der Waals surface area contributed by atoms with E-state index in [-0.39, 0.29) is 0 Å². The molecule has 0 fully saturated rings. The zero-order valence-electron chi connectivity index (χ0n) is 10.7. The van der Waals surface area contributed by atoms with Crippen LogP contribution in [0.3, 0.4) is 0 Å². The number of carbonyl (C=O) groups is 1. The Kier molecular flexibility index (Phi) is 6.30. The van der Waals surface area contributed by atoms with Gasteiger partial charge in [-0.2, -0.15) is 13.2 Å². The lowest BCUT2D eigenvalue weighted by Gasteiger charge is -2.18. The number of alkyl halides is 3. The SMILES string of the molecule is CC(Oc1ccc(Cl)cc1Br)C(=O)NCC(O)C(F)(F)F. The fourth-order valence-electron chi connectivity index (χ4n) is 1.27. The highest BCUT2D eigenvalue weighted by Gasteiger charge is 2.38. The summed E-state index contributed by atoms with van der Waals surface area (Å²) in [5.74, 6) is -0.460. The molecule has 2 atom stereocenters. The van der Waals surface area contributed by atoms with Crippen molar-refractivity contribution in [3.8, 4) is 5.75 Å². The second-order valence-corrected chi connectivity index (χ2v) is 5.43. The molecule has 0 saturated carbocycles. The van der Waals surface area contributed by atoms with Crippen LogP contribution >= 0.6 is 27.5 Å². The molecule has 1 rings (SSSR count). The molecule has 0 aliphatic carbocycles. The highest BCUT2D eigenvalue weighted by atomic mass is 79.9. The second-order valence-electron chi connectivity index (χ2n) is 4.14. The summed E-state index contributed by atoms with van der Waals surface area (Å²) >= 11 is 8.93. The second kappa shape index (κ2) is 7.33. The van der Waals surface area contributed by atoms with E-state index in [1.54, 1.807) is 12.1 Å². The summed E-state index contributed by atoms with van der Waals surface area (Å²) < 4.78 is 42.1. The maximum atomic E-state index is 12.1. The number of hydrogen-bond acceptors (Lipinski definition) is 3. The van der Waals surface area contributed by atoms with Gasteiger partial charge in [-0.1, -0.05) is 11.6 Å². The molecule has 0 aliphatic rings. The number of aliphatic hydroxyl groups is 1. The largest absolute Gasteiger partial charge is 0.480 e. The van der Waals surface area contributed by atoms with E-state index in [0.29, 0.717) is 15.2 Å². The van der Waals surface area contributed by atoms with Crippen molar-refractivity contribution in [3.05, 3.63) is 27.7 Å². The third-order valence-corrected chi connectivity index (χ3v) is 3.27. The van der Waals surface area contributed by atoms with Gasteiger partial charge in [0, 0.05) is 5.02 Å². The number of benzene rings is 1. The molecule has 21 heavy (non-hydrogen) atoms. The Bertz CT molecular complexity index is 513. The van der Waals surface area contributed by atoms with Crippen molar-refractivity contribution in [2.45, 2.75) is 25.3 Å². The lowest BCUT2D eigenvalue weighted by molar-refractivity contribution is -0.202. The Balaban J connectivity index is 2.55. The summed E-state index contributed by atoms with van der Waals surface area (Å²) in [5.41, 5.74) is 0. The Morgan fingerprint density at radius 3 is 2.67 bits per heavy atom. The highest BCUT2D eigenvalue weighted by molar-refractivity contribution is 9.10. The Morgan fingerprint density at radius 2 is 2.14 bits per heavy atom. The minimum atomic E-state index is -4.78. The minimum absolute atomic E-state index is 0.318. The van der Waals surface area contributed by atoms with E-state index in [9.17, 15) is 18.0 Å². The van der Waals surface area contributed by atoms with Crippen LogP contribution in [0.25, 0.3) is 0 Å². The number of aliphatic hydroxyl groups excluding tert-OH is 1. The average molecular weight is 391 g/mol. The van der Waals surface area contributed by atoms with Crippen LogP contribution in [0.15, 0.2) is 22.7 Å². The Labute approximate surface area is 132 Å². The van der Waals surface area contributed by atoms with Crippen LogP contribution in [0.2, 0.25) is 5.02 Å². The maximum Gasteiger partial charge on any atom is 0.416 e. The van der Waals surface area contributed by atoms with Gasteiger partial charge in [-0.05, 0) is 41.1 Å². The lowest BCUT2D eigenvalue weighted by Crippen LogP contribution is -2.44. The Morgan fingerprint density at radius 1 is 1.52 bits per heavy atom.